The SMILES string of the molecule is CCCCCCCCCCCCCCCC(=O)NCCCO[C@@H]1[C@H](OP(OCCC#N)N(C(C)C)C(C)C)[C@@H](COC(c2ccccc2)(c2ccc(OC)cc2)c2ccc(OC)cc2)O[C@H]1n1ccc(=O)[nH]c1=O. The number of aromatic nitrogens is 2. The van der Waals surface area contributed by atoms with Gasteiger partial charge < -0.3 is 38.0 Å². The van der Waals surface area contributed by atoms with Gasteiger partial charge >= 0.3 is 5.69 Å². The highest BCUT2D eigenvalue weighted by Gasteiger charge is 2.51. The zero-order chi connectivity index (χ0) is 53.1. The van der Waals surface area contributed by atoms with E-state index in [9.17, 15) is 19.6 Å². The van der Waals surface area contributed by atoms with E-state index in [0.717, 1.165) is 36.0 Å². The minimum atomic E-state index is -1.87. The number of methoxy groups -OCH3 is 2. The van der Waals surface area contributed by atoms with E-state index in [1.54, 1.807) is 14.2 Å². The summed E-state index contributed by atoms with van der Waals surface area (Å²) in [5.74, 6) is 1.35. The van der Waals surface area contributed by atoms with Crippen molar-refractivity contribution in [2.75, 3.05) is 40.6 Å². The molecule has 5 atom stereocenters. The lowest BCUT2D eigenvalue weighted by Crippen LogP contribution is -2.43. The molecule has 3 aromatic carbocycles. The number of nitrogens with zero attached hydrogens (tertiary/aromatic N) is 3. The number of rotatable bonds is 36. The number of benzene rings is 3. The first-order chi connectivity index (χ1) is 36.0. The van der Waals surface area contributed by atoms with E-state index in [0.29, 0.717) is 30.9 Å². The molecule has 15 nitrogen and oxygen atoms in total. The Morgan fingerprint density at radius 3 is 1.84 bits per heavy atom. The Kier molecular flexibility index (Phi) is 26.3. The molecule has 1 aliphatic rings. The summed E-state index contributed by atoms with van der Waals surface area (Å²) in [6, 6.07) is 28.7. The summed E-state index contributed by atoms with van der Waals surface area (Å²) < 4.78 is 49.3. The van der Waals surface area contributed by atoms with E-state index < -0.39 is 49.9 Å². The van der Waals surface area contributed by atoms with Gasteiger partial charge in [0.25, 0.3) is 14.1 Å². The number of hydrogen-bond acceptors (Lipinski definition) is 12. The molecule has 2 N–H and O–H groups in total. The van der Waals surface area contributed by atoms with Crippen LogP contribution in [0, 0.1) is 11.3 Å². The number of nitriles is 1. The number of hydrogen-bond donors (Lipinski definition) is 2. The Labute approximate surface area is 441 Å². The summed E-state index contributed by atoms with van der Waals surface area (Å²) in [5, 5.41) is 12.6. The van der Waals surface area contributed by atoms with Gasteiger partial charge in [0.1, 0.15) is 35.4 Å². The van der Waals surface area contributed by atoms with E-state index in [1.807, 2.05) is 78.9 Å². The van der Waals surface area contributed by atoms with Gasteiger partial charge in [0.05, 0.1) is 39.9 Å². The van der Waals surface area contributed by atoms with Crippen LogP contribution in [0.2, 0.25) is 0 Å². The fourth-order valence-electron chi connectivity index (χ4n) is 9.59. The molecule has 1 saturated heterocycles. The zero-order valence-electron chi connectivity index (χ0n) is 45.1. The second kappa shape index (κ2) is 32.5. The van der Waals surface area contributed by atoms with Crippen LogP contribution in [-0.2, 0) is 33.7 Å². The molecule has 5 rings (SSSR count). The van der Waals surface area contributed by atoms with Gasteiger partial charge in [-0.2, -0.15) is 5.26 Å². The fraction of sp³-hybridized carbons (Fsp3) is 0.586. The van der Waals surface area contributed by atoms with E-state index in [2.05, 4.69) is 55.7 Å². The third kappa shape index (κ3) is 17.9. The maximum absolute atomic E-state index is 13.7. The molecule has 2 heterocycles. The third-order valence-electron chi connectivity index (χ3n) is 13.4. The van der Waals surface area contributed by atoms with Crippen LogP contribution in [0.25, 0.3) is 0 Å². The second-order valence-electron chi connectivity index (χ2n) is 19.5. The van der Waals surface area contributed by atoms with Gasteiger partial charge in [0.15, 0.2) is 6.23 Å². The highest BCUT2D eigenvalue weighted by atomic mass is 31.2. The summed E-state index contributed by atoms with van der Waals surface area (Å²) in [7, 11) is 1.37. The molecule has 0 saturated carbocycles. The lowest BCUT2D eigenvalue weighted by atomic mass is 9.80. The maximum Gasteiger partial charge on any atom is 0.330 e. The van der Waals surface area contributed by atoms with Gasteiger partial charge in [-0.05, 0) is 81.5 Å². The Morgan fingerprint density at radius 1 is 0.757 bits per heavy atom. The van der Waals surface area contributed by atoms with Crippen molar-refractivity contribution >= 4 is 14.4 Å². The highest BCUT2D eigenvalue weighted by molar-refractivity contribution is 7.44. The lowest BCUT2D eigenvalue weighted by molar-refractivity contribution is -0.121. The Hall–Kier alpha value is -4.91. The molecule has 1 amide bonds. The second-order valence-corrected chi connectivity index (χ2v) is 21.0. The summed E-state index contributed by atoms with van der Waals surface area (Å²) in [6.07, 6.45) is 14.7. The lowest BCUT2D eigenvalue weighted by Gasteiger charge is -2.39. The average Bonchev–Trinajstić information content (AvgIpc) is 3.73. The topological polar surface area (TPSA) is 176 Å². The minimum absolute atomic E-state index is 0.00612. The molecule has 1 aliphatic heterocycles. The minimum Gasteiger partial charge on any atom is -0.497 e. The molecular weight excluding hydrogens is 958 g/mol. The Morgan fingerprint density at radius 2 is 1.31 bits per heavy atom. The van der Waals surface area contributed by atoms with E-state index >= 15 is 0 Å². The predicted octanol–water partition coefficient (Wildman–Crippen LogP) is 11.5. The van der Waals surface area contributed by atoms with Crippen molar-refractivity contribution in [3.05, 3.63) is 129 Å². The number of ether oxygens (including phenoxy) is 5. The number of unbranched alkanes of at least 4 members (excludes halogenated alkanes) is 12. The van der Waals surface area contributed by atoms with Crippen LogP contribution in [0.4, 0.5) is 0 Å². The first-order valence-corrected chi connectivity index (χ1v) is 28.2. The molecule has 0 radical (unpaired) electrons. The number of carbonyl (C=O) groups excluding carboxylic acids is 1. The third-order valence-corrected chi connectivity index (χ3v) is 15.5. The first kappa shape index (κ1) is 60.0. The molecule has 406 valence electrons. The van der Waals surface area contributed by atoms with Gasteiger partial charge in [-0.15, -0.1) is 0 Å². The van der Waals surface area contributed by atoms with Crippen LogP contribution in [0.1, 0.15) is 160 Å². The molecule has 1 unspecified atom stereocenters. The summed E-state index contributed by atoms with van der Waals surface area (Å²) in [4.78, 5) is 41.5. The average molecular weight is 1040 g/mol. The van der Waals surface area contributed by atoms with E-state index in [-0.39, 0.29) is 44.2 Å². The van der Waals surface area contributed by atoms with Crippen LogP contribution in [0.3, 0.4) is 0 Å². The molecule has 0 spiro atoms. The molecule has 1 aromatic heterocycles. The van der Waals surface area contributed by atoms with Crippen molar-refractivity contribution in [2.45, 2.75) is 180 Å². The van der Waals surface area contributed by atoms with Gasteiger partial charge in [-0.3, -0.25) is 19.1 Å². The van der Waals surface area contributed by atoms with Crippen LogP contribution in [-0.4, -0.2) is 91.1 Å². The highest BCUT2D eigenvalue weighted by Crippen LogP contribution is 2.51. The molecular formula is C58H84N5O10P. The molecule has 74 heavy (non-hydrogen) atoms. The quantitative estimate of drug-likeness (QED) is 0.0251. The fourth-order valence-corrected chi connectivity index (χ4v) is 11.4. The van der Waals surface area contributed by atoms with Crippen LogP contribution >= 0.6 is 8.53 Å². The van der Waals surface area contributed by atoms with Crippen molar-refractivity contribution in [2.24, 2.45) is 0 Å². The zero-order valence-corrected chi connectivity index (χ0v) is 46.0. The Balaban J connectivity index is 1.40. The smallest absolute Gasteiger partial charge is 0.330 e. The van der Waals surface area contributed by atoms with Crippen LogP contribution in [0.5, 0.6) is 11.5 Å². The predicted molar refractivity (Wildman–Crippen MR) is 291 cm³/mol. The van der Waals surface area contributed by atoms with E-state index in [4.69, 9.17) is 32.7 Å². The summed E-state index contributed by atoms with van der Waals surface area (Å²) in [5.41, 5.74) is -0.0559. The molecule has 16 heteroatoms. The normalized spacial score (nSPS) is 17.2. The van der Waals surface area contributed by atoms with Crippen molar-refractivity contribution in [1.29, 1.82) is 5.26 Å². The largest absolute Gasteiger partial charge is 0.497 e. The Bertz CT molecular complexity index is 2300. The maximum atomic E-state index is 13.7. The van der Waals surface area contributed by atoms with Crippen LogP contribution in [0.15, 0.2) is 101 Å². The van der Waals surface area contributed by atoms with E-state index in [1.165, 1.54) is 81.0 Å². The standard InChI is InChI=1S/C58H84N5O10P/c1-8-9-10-11-12-13-14-15-16-17-18-19-23-28-52(64)60-39-25-41-69-55-54(73-74(71-42-24-38-59)63(44(2)3)45(4)5)51(72-56(55)62-40-37-53(65)61-57(62)66)43-70-58(46-26-21-20-22-27-46,47-29-33-49(67-6)34-30-47)48-31-35-50(68-7)36-32-48/h20-22,26-27,29-37,40,44-45,51,54-56H,8-19,23-25,28,39,41-43H2,1-7H3,(H,60,64)(H,61,65,66)/t51-,54-,55-,56-,74?/m1/s1. The van der Waals surface area contributed by atoms with Crippen molar-refractivity contribution in [3.8, 4) is 17.6 Å². The monoisotopic (exact) mass is 1040 g/mol. The van der Waals surface area contributed by atoms with Crippen molar-refractivity contribution < 1.29 is 37.5 Å². The number of carbonyl (C=O) groups is 1. The van der Waals surface area contributed by atoms with Crippen LogP contribution < -0.4 is 26.0 Å². The number of H-pyrrole nitrogens is 1. The molecule has 4 aromatic rings. The number of aromatic amines is 1. The molecule has 0 bridgehead atoms. The summed E-state index contributed by atoms with van der Waals surface area (Å²) in [6.45, 7) is 11.1. The number of amides is 1. The molecule has 1 fully saturated rings. The van der Waals surface area contributed by atoms with Gasteiger partial charge in [-0.25, -0.2) is 9.46 Å². The van der Waals surface area contributed by atoms with Crippen molar-refractivity contribution in [1.82, 2.24) is 19.5 Å². The summed E-state index contributed by atoms with van der Waals surface area (Å²) >= 11 is 0. The van der Waals surface area contributed by atoms with Gasteiger partial charge in [-0.1, -0.05) is 139 Å². The van der Waals surface area contributed by atoms with Gasteiger partial charge in [0.2, 0.25) is 5.91 Å². The number of nitrogens with one attached hydrogen (secondary N) is 2. The van der Waals surface area contributed by atoms with Gasteiger partial charge in [0, 0.05) is 43.9 Å². The van der Waals surface area contributed by atoms with Crippen molar-refractivity contribution in [3.63, 3.8) is 0 Å². The first-order valence-electron chi connectivity index (χ1n) is 27.1. The molecule has 0 aliphatic carbocycles.